The Bertz CT molecular complexity index is 871. The molecule has 0 fully saturated rings. The molecule has 1 aromatic carbocycles. The summed E-state index contributed by atoms with van der Waals surface area (Å²) >= 11 is 0. The van der Waals surface area contributed by atoms with Crippen LogP contribution in [-0.2, 0) is 13.6 Å². The Kier molecular flexibility index (Phi) is 3.13. The molecule has 7 nitrogen and oxygen atoms in total. The van der Waals surface area contributed by atoms with Crippen molar-refractivity contribution in [1.29, 1.82) is 0 Å². The van der Waals surface area contributed by atoms with Gasteiger partial charge in [0.25, 0.3) is 5.56 Å². The molecular formula is C13H12FN5O2. The molecule has 0 spiro atoms. The van der Waals surface area contributed by atoms with E-state index in [-0.39, 0.29) is 23.2 Å². The molecule has 0 atom stereocenters. The maximum Gasteiger partial charge on any atom is 0.258 e. The molecule has 0 aliphatic rings. The first-order chi connectivity index (χ1) is 10.1. The summed E-state index contributed by atoms with van der Waals surface area (Å²) in [6.45, 7) is 0.177. The molecule has 8 heteroatoms. The highest BCUT2D eigenvalue weighted by Crippen LogP contribution is 2.22. The first kappa shape index (κ1) is 13.2. The van der Waals surface area contributed by atoms with Gasteiger partial charge in [-0.1, -0.05) is 0 Å². The van der Waals surface area contributed by atoms with Crippen LogP contribution in [0.4, 0.5) is 4.39 Å². The summed E-state index contributed by atoms with van der Waals surface area (Å²) in [5.41, 5.74) is -0.318. The van der Waals surface area contributed by atoms with Gasteiger partial charge in [0.15, 0.2) is 17.4 Å². The quantitative estimate of drug-likeness (QED) is 0.710. The van der Waals surface area contributed by atoms with Gasteiger partial charge in [0.05, 0.1) is 26.1 Å². The normalized spacial score (nSPS) is 11.0. The third kappa shape index (κ3) is 2.35. The average Bonchev–Trinajstić information content (AvgIpc) is 2.87. The van der Waals surface area contributed by atoms with E-state index in [2.05, 4.69) is 15.4 Å². The second kappa shape index (κ2) is 4.97. The maximum absolute atomic E-state index is 13.8. The number of ether oxygens (including phenoxy) is 1. The van der Waals surface area contributed by atoms with Gasteiger partial charge in [0.1, 0.15) is 0 Å². The molecule has 0 amide bonds. The van der Waals surface area contributed by atoms with Crippen molar-refractivity contribution in [1.82, 2.24) is 24.8 Å². The topological polar surface area (TPSA) is 74.8 Å². The summed E-state index contributed by atoms with van der Waals surface area (Å²) in [6.07, 6.45) is 1.61. The largest absolute Gasteiger partial charge is 0.494 e. The lowest BCUT2D eigenvalue weighted by Gasteiger charge is -2.07. The van der Waals surface area contributed by atoms with E-state index in [0.29, 0.717) is 11.2 Å². The molecular weight excluding hydrogens is 277 g/mol. The Hall–Kier alpha value is -2.77. The van der Waals surface area contributed by atoms with Crippen LogP contribution in [0.1, 0.15) is 5.82 Å². The van der Waals surface area contributed by atoms with Crippen LogP contribution in [0.3, 0.4) is 0 Å². The zero-order valence-electron chi connectivity index (χ0n) is 11.4. The van der Waals surface area contributed by atoms with Crippen LogP contribution in [0, 0.1) is 5.82 Å². The fourth-order valence-corrected chi connectivity index (χ4v) is 2.10. The van der Waals surface area contributed by atoms with Crippen LogP contribution in [0.2, 0.25) is 0 Å². The van der Waals surface area contributed by atoms with E-state index in [1.54, 1.807) is 19.3 Å². The SMILES string of the molecule is COc1cc2ccn(Cc3nnn(C)n3)c(=O)c2cc1F. The van der Waals surface area contributed by atoms with E-state index >= 15 is 0 Å². The second-order valence-corrected chi connectivity index (χ2v) is 4.52. The van der Waals surface area contributed by atoms with Gasteiger partial charge < -0.3 is 9.30 Å². The zero-order valence-corrected chi connectivity index (χ0v) is 11.4. The molecule has 0 bridgehead atoms. The summed E-state index contributed by atoms with van der Waals surface area (Å²) in [7, 11) is 3.02. The molecule has 2 aromatic heterocycles. The van der Waals surface area contributed by atoms with Crippen LogP contribution in [0.5, 0.6) is 5.75 Å². The number of fused-ring (bicyclic) bond motifs is 1. The van der Waals surface area contributed by atoms with Crippen molar-refractivity contribution in [3.05, 3.63) is 46.4 Å². The van der Waals surface area contributed by atoms with E-state index in [4.69, 9.17) is 4.74 Å². The van der Waals surface area contributed by atoms with Crippen LogP contribution >= 0.6 is 0 Å². The number of tetrazole rings is 1. The van der Waals surface area contributed by atoms with Crippen molar-refractivity contribution >= 4 is 10.8 Å². The predicted octanol–water partition coefficient (Wildman–Crippen LogP) is 0.721. The van der Waals surface area contributed by atoms with Gasteiger partial charge in [-0.25, -0.2) is 4.39 Å². The Labute approximate surface area is 118 Å². The van der Waals surface area contributed by atoms with E-state index in [1.807, 2.05) is 0 Å². The summed E-state index contributed by atoms with van der Waals surface area (Å²) in [4.78, 5) is 13.7. The van der Waals surface area contributed by atoms with Gasteiger partial charge in [0, 0.05) is 6.20 Å². The van der Waals surface area contributed by atoms with Crippen LogP contribution in [0.25, 0.3) is 10.8 Å². The minimum absolute atomic E-state index is 0.107. The molecule has 0 radical (unpaired) electrons. The van der Waals surface area contributed by atoms with Gasteiger partial charge in [-0.2, -0.15) is 4.80 Å². The van der Waals surface area contributed by atoms with Gasteiger partial charge in [-0.3, -0.25) is 4.79 Å². The third-order valence-corrected chi connectivity index (χ3v) is 3.11. The van der Waals surface area contributed by atoms with Gasteiger partial charge >= 0.3 is 0 Å². The van der Waals surface area contributed by atoms with Crippen molar-refractivity contribution < 1.29 is 9.13 Å². The molecule has 0 N–H and O–H groups in total. The number of pyridine rings is 1. The summed E-state index contributed by atoms with van der Waals surface area (Å²) in [5.74, 6) is -0.0549. The van der Waals surface area contributed by atoms with Gasteiger partial charge in [0.2, 0.25) is 0 Å². The molecule has 21 heavy (non-hydrogen) atoms. The van der Waals surface area contributed by atoms with E-state index in [0.717, 1.165) is 0 Å². The van der Waals surface area contributed by atoms with Crippen LogP contribution in [0.15, 0.2) is 29.2 Å². The Morgan fingerprint density at radius 3 is 2.86 bits per heavy atom. The van der Waals surface area contributed by atoms with Crippen LogP contribution in [-0.4, -0.2) is 31.9 Å². The van der Waals surface area contributed by atoms with Crippen LogP contribution < -0.4 is 10.3 Å². The highest BCUT2D eigenvalue weighted by Gasteiger charge is 2.10. The number of aryl methyl sites for hydroxylation is 1. The number of methoxy groups -OCH3 is 1. The third-order valence-electron chi connectivity index (χ3n) is 3.11. The average molecular weight is 289 g/mol. The zero-order chi connectivity index (χ0) is 15.0. The lowest BCUT2D eigenvalue weighted by atomic mass is 10.1. The predicted molar refractivity (Wildman–Crippen MR) is 72.6 cm³/mol. The van der Waals surface area contributed by atoms with E-state index < -0.39 is 5.82 Å². The highest BCUT2D eigenvalue weighted by atomic mass is 19.1. The molecule has 0 saturated heterocycles. The monoisotopic (exact) mass is 289 g/mol. The minimum Gasteiger partial charge on any atom is -0.494 e. The Morgan fingerprint density at radius 1 is 1.38 bits per heavy atom. The van der Waals surface area contributed by atoms with Crippen molar-refractivity contribution in [2.45, 2.75) is 6.54 Å². The first-order valence-electron chi connectivity index (χ1n) is 6.18. The van der Waals surface area contributed by atoms with Crippen molar-refractivity contribution in [3.8, 4) is 5.75 Å². The molecule has 0 unspecified atom stereocenters. The fourth-order valence-electron chi connectivity index (χ4n) is 2.10. The molecule has 0 saturated carbocycles. The molecule has 3 aromatic rings. The number of hydrogen-bond acceptors (Lipinski definition) is 5. The highest BCUT2D eigenvalue weighted by molar-refractivity contribution is 5.83. The summed E-state index contributed by atoms with van der Waals surface area (Å²) in [6, 6.07) is 4.39. The van der Waals surface area contributed by atoms with Gasteiger partial charge in [-0.05, 0) is 28.8 Å². The standard InChI is InChI=1S/C13H12FN5O2/c1-18-16-12(15-17-18)7-19-4-3-8-5-11(21-2)10(14)6-9(8)13(19)20/h3-6H,7H2,1-2H3. The number of rotatable bonds is 3. The molecule has 0 aliphatic heterocycles. The number of benzene rings is 1. The maximum atomic E-state index is 13.8. The summed E-state index contributed by atoms with van der Waals surface area (Å²) in [5, 5.41) is 12.4. The Morgan fingerprint density at radius 2 is 2.19 bits per heavy atom. The van der Waals surface area contributed by atoms with Crippen molar-refractivity contribution in [2.75, 3.05) is 7.11 Å². The number of nitrogens with zero attached hydrogens (tertiary/aromatic N) is 5. The number of hydrogen-bond donors (Lipinski definition) is 0. The van der Waals surface area contributed by atoms with E-state index in [9.17, 15) is 9.18 Å². The smallest absolute Gasteiger partial charge is 0.258 e. The van der Waals surface area contributed by atoms with Crippen molar-refractivity contribution in [2.24, 2.45) is 7.05 Å². The molecule has 3 rings (SSSR count). The Balaban J connectivity index is 2.09. The number of halogens is 1. The van der Waals surface area contributed by atoms with Gasteiger partial charge in [-0.15, -0.1) is 10.2 Å². The molecule has 108 valence electrons. The number of aromatic nitrogens is 5. The van der Waals surface area contributed by atoms with Crippen molar-refractivity contribution in [3.63, 3.8) is 0 Å². The second-order valence-electron chi connectivity index (χ2n) is 4.52. The summed E-state index contributed by atoms with van der Waals surface area (Å²) < 4.78 is 20.1. The molecule has 0 aliphatic carbocycles. The molecule has 2 heterocycles. The first-order valence-corrected chi connectivity index (χ1v) is 6.18. The lowest BCUT2D eigenvalue weighted by molar-refractivity contribution is 0.387. The fraction of sp³-hybridized carbons (Fsp3) is 0.231. The minimum atomic E-state index is -0.572. The van der Waals surface area contributed by atoms with E-state index in [1.165, 1.54) is 28.6 Å². The lowest BCUT2D eigenvalue weighted by Crippen LogP contribution is -2.21.